The zero-order chi connectivity index (χ0) is 14.9. The number of sulfonamides is 1. The Balaban J connectivity index is 1.99. The molecule has 8 nitrogen and oxygen atoms in total. The lowest BCUT2D eigenvalue weighted by Crippen LogP contribution is -2.19. The molecule has 0 amide bonds. The number of imidazole rings is 1. The van der Waals surface area contributed by atoms with Crippen LogP contribution in [0.3, 0.4) is 0 Å². The Hall–Kier alpha value is -2.65. The van der Waals surface area contributed by atoms with Crippen LogP contribution in [0.4, 0.5) is 11.8 Å². The molecule has 0 spiro atoms. The van der Waals surface area contributed by atoms with E-state index in [2.05, 4.69) is 25.1 Å². The minimum atomic E-state index is -3.85. The molecule has 0 aliphatic heterocycles. The van der Waals surface area contributed by atoms with Crippen molar-refractivity contribution in [2.24, 2.45) is 5.84 Å². The van der Waals surface area contributed by atoms with Crippen LogP contribution in [0.2, 0.25) is 0 Å². The quantitative estimate of drug-likeness (QED) is 0.421. The Labute approximate surface area is 120 Å². The highest BCUT2D eigenvalue weighted by Crippen LogP contribution is 2.21. The van der Waals surface area contributed by atoms with E-state index >= 15 is 0 Å². The number of fused-ring (bicyclic) bond motifs is 1. The molecule has 0 bridgehead atoms. The van der Waals surface area contributed by atoms with Crippen LogP contribution in [0.25, 0.3) is 11.0 Å². The molecule has 0 radical (unpaired) electrons. The van der Waals surface area contributed by atoms with Gasteiger partial charge in [0.15, 0.2) is 5.82 Å². The van der Waals surface area contributed by atoms with Crippen LogP contribution in [-0.2, 0) is 10.0 Å². The van der Waals surface area contributed by atoms with Crippen molar-refractivity contribution in [1.29, 1.82) is 0 Å². The van der Waals surface area contributed by atoms with Crippen molar-refractivity contribution in [1.82, 2.24) is 15.0 Å². The molecule has 3 aromatic rings. The van der Waals surface area contributed by atoms with E-state index in [4.69, 9.17) is 5.84 Å². The largest absolute Gasteiger partial charge is 0.323 e. The van der Waals surface area contributed by atoms with Crippen LogP contribution in [0, 0.1) is 0 Å². The molecule has 1 aromatic carbocycles. The molecule has 21 heavy (non-hydrogen) atoms. The van der Waals surface area contributed by atoms with Crippen molar-refractivity contribution >= 4 is 32.8 Å². The lowest BCUT2D eigenvalue weighted by molar-refractivity contribution is 0.601. The fourth-order valence-corrected chi connectivity index (χ4v) is 2.98. The number of nitrogens with two attached hydrogens (primary N) is 1. The predicted molar refractivity (Wildman–Crippen MR) is 78.9 cm³/mol. The van der Waals surface area contributed by atoms with Crippen molar-refractivity contribution in [3.05, 3.63) is 42.6 Å². The lowest BCUT2D eigenvalue weighted by atomic mass is 10.3. The minimum absolute atomic E-state index is 0.0566. The van der Waals surface area contributed by atoms with Crippen LogP contribution < -0.4 is 16.0 Å². The van der Waals surface area contributed by atoms with Gasteiger partial charge in [0.05, 0.1) is 11.0 Å². The van der Waals surface area contributed by atoms with Crippen molar-refractivity contribution in [2.75, 3.05) is 10.1 Å². The number of H-pyrrole nitrogens is 1. The molecule has 5 N–H and O–H groups in total. The number of hydrogen-bond donors (Lipinski definition) is 4. The van der Waals surface area contributed by atoms with Gasteiger partial charge >= 0.3 is 0 Å². The number of rotatable bonds is 4. The second kappa shape index (κ2) is 5.04. The third kappa shape index (κ3) is 2.51. The van der Waals surface area contributed by atoms with Crippen LogP contribution in [0.5, 0.6) is 0 Å². The molecule has 0 atom stereocenters. The second-order valence-electron chi connectivity index (χ2n) is 4.20. The molecule has 0 aliphatic rings. The van der Waals surface area contributed by atoms with Crippen LogP contribution >= 0.6 is 0 Å². The fourth-order valence-electron chi connectivity index (χ4n) is 1.90. The summed E-state index contributed by atoms with van der Waals surface area (Å²) >= 11 is 0. The van der Waals surface area contributed by atoms with E-state index in [1.165, 1.54) is 18.3 Å². The summed E-state index contributed by atoms with van der Waals surface area (Å²) in [5.74, 6) is 5.46. The molecule has 2 aromatic heterocycles. The predicted octanol–water partition coefficient (Wildman–Crippen LogP) is 1.04. The average Bonchev–Trinajstić information content (AvgIpc) is 2.88. The van der Waals surface area contributed by atoms with Gasteiger partial charge in [-0.15, -0.1) is 0 Å². The number of nitrogens with one attached hydrogen (secondary N) is 3. The standard InChI is InChI=1S/C12H12N6O2S/c13-17-11-10(6-3-7-14-11)21(19,20)18-12-15-8-4-1-2-5-9(8)16-12/h1-7H,13H2,(H,14,17)(H2,15,16,18). The van der Waals surface area contributed by atoms with E-state index in [0.717, 1.165) is 5.52 Å². The summed E-state index contributed by atoms with van der Waals surface area (Å²) in [6, 6.07) is 10.1. The van der Waals surface area contributed by atoms with E-state index in [1.54, 1.807) is 12.1 Å². The minimum Gasteiger partial charge on any atom is -0.323 e. The van der Waals surface area contributed by atoms with Gasteiger partial charge in [0, 0.05) is 6.20 Å². The third-order valence-electron chi connectivity index (χ3n) is 2.82. The van der Waals surface area contributed by atoms with Gasteiger partial charge in [-0.25, -0.2) is 29.0 Å². The number of hydrazine groups is 1. The first-order valence-corrected chi connectivity index (χ1v) is 7.48. The maximum Gasteiger partial charge on any atom is 0.267 e. The number of benzene rings is 1. The summed E-state index contributed by atoms with van der Waals surface area (Å²) in [7, 11) is -3.85. The maximum absolute atomic E-state index is 12.4. The first-order valence-electron chi connectivity index (χ1n) is 5.99. The highest BCUT2D eigenvalue weighted by molar-refractivity contribution is 7.92. The third-order valence-corrected chi connectivity index (χ3v) is 4.19. The molecule has 0 fully saturated rings. The van der Waals surface area contributed by atoms with Crippen molar-refractivity contribution < 1.29 is 8.42 Å². The molecule has 0 saturated carbocycles. The van der Waals surface area contributed by atoms with Crippen LogP contribution in [0.15, 0.2) is 47.5 Å². The number of pyridine rings is 1. The summed E-state index contributed by atoms with van der Waals surface area (Å²) in [6.07, 6.45) is 1.44. The summed E-state index contributed by atoms with van der Waals surface area (Å²) in [4.78, 5) is 10.8. The molecule has 108 valence electrons. The first-order chi connectivity index (χ1) is 10.1. The normalized spacial score (nSPS) is 11.5. The van der Waals surface area contributed by atoms with Crippen LogP contribution in [0.1, 0.15) is 0 Å². The SMILES string of the molecule is NNc1ncccc1S(=O)(=O)Nc1nc2ccccc2[nH]1. The van der Waals surface area contributed by atoms with Gasteiger partial charge < -0.3 is 10.4 Å². The Kier molecular flexibility index (Phi) is 3.20. The van der Waals surface area contributed by atoms with E-state index in [1.807, 2.05) is 12.1 Å². The topological polar surface area (TPSA) is 126 Å². The number of aromatic amines is 1. The number of hydrogen-bond acceptors (Lipinski definition) is 6. The number of anilines is 2. The van der Waals surface area contributed by atoms with Gasteiger partial charge in [-0.05, 0) is 24.3 Å². The first kappa shape index (κ1) is 13.3. The summed E-state index contributed by atoms with van der Waals surface area (Å²) < 4.78 is 27.1. The molecular weight excluding hydrogens is 292 g/mol. The second-order valence-corrected chi connectivity index (χ2v) is 5.85. The molecule has 9 heteroatoms. The summed E-state index contributed by atoms with van der Waals surface area (Å²) in [6.45, 7) is 0. The van der Waals surface area contributed by atoms with Gasteiger partial charge in [-0.3, -0.25) is 0 Å². The van der Waals surface area contributed by atoms with E-state index < -0.39 is 10.0 Å². The van der Waals surface area contributed by atoms with Gasteiger partial charge in [0.2, 0.25) is 5.95 Å². The van der Waals surface area contributed by atoms with E-state index in [9.17, 15) is 8.42 Å². The summed E-state index contributed by atoms with van der Waals surface area (Å²) in [5, 5.41) is 0. The maximum atomic E-state index is 12.4. The Morgan fingerprint density at radius 2 is 1.95 bits per heavy atom. The van der Waals surface area contributed by atoms with Crippen molar-refractivity contribution in [3.8, 4) is 0 Å². The van der Waals surface area contributed by atoms with Crippen molar-refractivity contribution in [2.45, 2.75) is 4.90 Å². The molecule has 0 aliphatic carbocycles. The zero-order valence-electron chi connectivity index (χ0n) is 10.7. The molecular formula is C12H12N6O2S. The zero-order valence-corrected chi connectivity index (χ0v) is 11.6. The van der Waals surface area contributed by atoms with Crippen molar-refractivity contribution in [3.63, 3.8) is 0 Å². The van der Waals surface area contributed by atoms with E-state index in [0.29, 0.717) is 5.52 Å². The monoisotopic (exact) mass is 304 g/mol. The Morgan fingerprint density at radius 3 is 2.71 bits per heavy atom. The van der Waals surface area contributed by atoms with E-state index in [-0.39, 0.29) is 16.7 Å². The molecule has 0 unspecified atom stereocenters. The molecule has 0 saturated heterocycles. The van der Waals surface area contributed by atoms with Gasteiger partial charge in [-0.2, -0.15) is 0 Å². The van der Waals surface area contributed by atoms with Crippen LogP contribution in [-0.4, -0.2) is 23.4 Å². The van der Waals surface area contributed by atoms with Gasteiger partial charge in [0.1, 0.15) is 4.90 Å². The highest BCUT2D eigenvalue weighted by atomic mass is 32.2. The Bertz CT molecular complexity index is 856. The number of nitrogens with zero attached hydrogens (tertiary/aromatic N) is 2. The average molecular weight is 304 g/mol. The lowest BCUT2D eigenvalue weighted by Gasteiger charge is -2.08. The molecule has 2 heterocycles. The smallest absolute Gasteiger partial charge is 0.267 e. The number of para-hydroxylation sites is 2. The molecule has 3 rings (SSSR count). The fraction of sp³-hybridized carbons (Fsp3) is 0. The Morgan fingerprint density at radius 1 is 1.14 bits per heavy atom. The number of aromatic nitrogens is 3. The van der Waals surface area contributed by atoms with Gasteiger partial charge in [0.25, 0.3) is 10.0 Å². The van der Waals surface area contributed by atoms with Gasteiger partial charge in [-0.1, -0.05) is 12.1 Å². The number of nitrogen functional groups attached to an aromatic ring is 1. The highest BCUT2D eigenvalue weighted by Gasteiger charge is 2.20. The summed E-state index contributed by atoms with van der Waals surface area (Å²) in [5.41, 5.74) is 3.65.